The standard InChI is InChI=1S/C14H13BrN2O/c15-14-7-3-4-10(17-14)8-16-12-9-18-13-6-2-1-5-11(12)13/h1-7,12,16H,8-9H2. The van der Waals surface area contributed by atoms with Crippen molar-refractivity contribution in [3.05, 3.63) is 58.3 Å². The van der Waals surface area contributed by atoms with Gasteiger partial charge in [-0.3, -0.25) is 0 Å². The van der Waals surface area contributed by atoms with Crippen molar-refractivity contribution in [3.63, 3.8) is 0 Å². The van der Waals surface area contributed by atoms with E-state index < -0.39 is 0 Å². The summed E-state index contributed by atoms with van der Waals surface area (Å²) in [4.78, 5) is 4.40. The van der Waals surface area contributed by atoms with Crippen LogP contribution in [0.5, 0.6) is 5.75 Å². The molecule has 1 aromatic carbocycles. The molecule has 1 N–H and O–H groups in total. The fraction of sp³-hybridized carbons (Fsp3) is 0.214. The van der Waals surface area contributed by atoms with Crippen LogP contribution in [0.1, 0.15) is 17.3 Å². The molecule has 2 heterocycles. The smallest absolute Gasteiger partial charge is 0.124 e. The van der Waals surface area contributed by atoms with Crippen LogP contribution < -0.4 is 10.1 Å². The second kappa shape index (κ2) is 5.08. The molecule has 2 aromatic rings. The molecule has 0 radical (unpaired) electrons. The van der Waals surface area contributed by atoms with Gasteiger partial charge in [-0.25, -0.2) is 4.98 Å². The fourth-order valence-electron chi connectivity index (χ4n) is 2.11. The van der Waals surface area contributed by atoms with E-state index in [4.69, 9.17) is 4.74 Å². The Kier molecular flexibility index (Phi) is 3.30. The molecule has 1 aliphatic rings. The monoisotopic (exact) mass is 304 g/mol. The van der Waals surface area contributed by atoms with Crippen molar-refractivity contribution in [3.8, 4) is 5.75 Å². The highest BCUT2D eigenvalue weighted by Gasteiger charge is 2.22. The number of pyridine rings is 1. The number of para-hydroxylation sites is 1. The third-order valence-electron chi connectivity index (χ3n) is 3.00. The topological polar surface area (TPSA) is 34.1 Å². The van der Waals surface area contributed by atoms with Crippen LogP contribution in [0.2, 0.25) is 0 Å². The number of benzene rings is 1. The van der Waals surface area contributed by atoms with Crippen LogP contribution in [0.4, 0.5) is 0 Å². The molecular formula is C14H13BrN2O. The van der Waals surface area contributed by atoms with Crippen LogP contribution >= 0.6 is 15.9 Å². The van der Waals surface area contributed by atoms with Crippen LogP contribution in [-0.4, -0.2) is 11.6 Å². The van der Waals surface area contributed by atoms with Gasteiger partial charge in [0.15, 0.2) is 0 Å². The summed E-state index contributed by atoms with van der Waals surface area (Å²) in [7, 11) is 0. The Morgan fingerprint density at radius 1 is 1.22 bits per heavy atom. The number of aromatic nitrogens is 1. The second-order valence-electron chi connectivity index (χ2n) is 4.23. The van der Waals surface area contributed by atoms with E-state index in [0.29, 0.717) is 6.61 Å². The molecule has 0 aliphatic carbocycles. The lowest BCUT2D eigenvalue weighted by atomic mass is 10.1. The Labute approximate surface area is 114 Å². The van der Waals surface area contributed by atoms with Gasteiger partial charge in [0.25, 0.3) is 0 Å². The molecule has 1 aromatic heterocycles. The maximum absolute atomic E-state index is 5.63. The second-order valence-corrected chi connectivity index (χ2v) is 5.05. The third-order valence-corrected chi connectivity index (χ3v) is 3.44. The van der Waals surface area contributed by atoms with E-state index in [1.165, 1.54) is 5.56 Å². The van der Waals surface area contributed by atoms with E-state index in [9.17, 15) is 0 Å². The zero-order chi connectivity index (χ0) is 12.4. The number of nitrogens with zero attached hydrogens (tertiary/aromatic N) is 1. The first kappa shape index (κ1) is 11.7. The van der Waals surface area contributed by atoms with Crippen LogP contribution in [0.25, 0.3) is 0 Å². The van der Waals surface area contributed by atoms with Crippen molar-refractivity contribution >= 4 is 15.9 Å². The van der Waals surface area contributed by atoms with Gasteiger partial charge in [-0.15, -0.1) is 0 Å². The summed E-state index contributed by atoms with van der Waals surface area (Å²) in [6, 6.07) is 14.3. The van der Waals surface area contributed by atoms with Gasteiger partial charge < -0.3 is 10.1 Å². The van der Waals surface area contributed by atoms with Crippen LogP contribution in [-0.2, 0) is 6.54 Å². The van der Waals surface area contributed by atoms with Gasteiger partial charge in [0.05, 0.1) is 11.7 Å². The molecule has 4 heteroatoms. The van der Waals surface area contributed by atoms with Gasteiger partial charge in [-0.1, -0.05) is 24.3 Å². The van der Waals surface area contributed by atoms with Gasteiger partial charge in [-0.05, 0) is 34.1 Å². The average molecular weight is 305 g/mol. The minimum Gasteiger partial charge on any atom is -0.491 e. The third kappa shape index (κ3) is 2.40. The summed E-state index contributed by atoms with van der Waals surface area (Å²) < 4.78 is 6.50. The lowest BCUT2D eigenvalue weighted by Crippen LogP contribution is -2.22. The highest BCUT2D eigenvalue weighted by atomic mass is 79.9. The van der Waals surface area contributed by atoms with Gasteiger partial charge >= 0.3 is 0 Å². The SMILES string of the molecule is Brc1cccc(CNC2COc3ccccc32)n1. The lowest BCUT2D eigenvalue weighted by molar-refractivity contribution is 0.310. The highest BCUT2D eigenvalue weighted by molar-refractivity contribution is 9.10. The van der Waals surface area contributed by atoms with E-state index >= 15 is 0 Å². The Balaban J connectivity index is 1.69. The van der Waals surface area contributed by atoms with E-state index in [1.54, 1.807) is 0 Å². The number of nitrogens with one attached hydrogen (secondary N) is 1. The predicted molar refractivity (Wildman–Crippen MR) is 73.5 cm³/mol. The van der Waals surface area contributed by atoms with Crippen molar-refractivity contribution in [1.29, 1.82) is 0 Å². The minimum absolute atomic E-state index is 0.252. The van der Waals surface area contributed by atoms with Crippen LogP contribution in [0, 0.1) is 0 Å². The Bertz CT molecular complexity index is 559. The van der Waals surface area contributed by atoms with Crippen molar-refractivity contribution in [2.24, 2.45) is 0 Å². The summed E-state index contributed by atoms with van der Waals surface area (Å²) in [6.07, 6.45) is 0. The maximum Gasteiger partial charge on any atom is 0.124 e. The molecule has 92 valence electrons. The van der Waals surface area contributed by atoms with Crippen LogP contribution in [0.15, 0.2) is 47.1 Å². The predicted octanol–water partition coefficient (Wildman–Crippen LogP) is 3.07. The molecule has 0 amide bonds. The first-order valence-electron chi connectivity index (χ1n) is 5.89. The number of hydrogen-bond acceptors (Lipinski definition) is 3. The van der Waals surface area contributed by atoms with Gasteiger partial charge in [0, 0.05) is 12.1 Å². The summed E-state index contributed by atoms with van der Waals surface area (Å²) >= 11 is 3.38. The molecule has 3 nitrogen and oxygen atoms in total. The first-order chi connectivity index (χ1) is 8.83. The summed E-state index contributed by atoms with van der Waals surface area (Å²) in [5.74, 6) is 0.984. The Hall–Kier alpha value is -1.39. The molecule has 1 aliphatic heterocycles. The molecule has 1 unspecified atom stereocenters. The molecule has 0 fully saturated rings. The van der Waals surface area contributed by atoms with E-state index in [1.807, 2.05) is 36.4 Å². The average Bonchev–Trinajstić information content (AvgIpc) is 2.80. The van der Waals surface area contributed by atoms with Gasteiger partial charge in [0.2, 0.25) is 0 Å². The van der Waals surface area contributed by atoms with Gasteiger partial charge in [-0.2, -0.15) is 0 Å². The zero-order valence-corrected chi connectivity index (χ0v) is 11.4. The van der Waals surface area contributed by atoms with E-state index in [-0.39, 0.29) is 6.04 Å². The van der Waals surface area contributed by atoms with Gasteiger partial charge in [0.1, 0.15) is 17.0 Å². The fourth-order valence-corrected chi connectivity index (χ4v) is 2.49. The molecule has 0 spiro atoms. The zero-order valence-electron chi connectivity index (χ0n) is 9.77. The van der Waals surface area contributed by atoms with Crippen molar-refractivity contribution in [2.75, 3.05) is 6.61 Å². The molecule has 1 atom stereocenters. The minimum atomic E-state index is 0.252. The largest absolute Gasteiger partial charge is 0.491 e. The number of fused-ring (bicyclic) bond motifs is 1. The summed E-state index contributed by atoms with van der Waals surface area (Å²) in [5.41, 5.74) is 2.25. The normalized spacial score (nSPS) is 17.3. The lowest BCUT2D eigenvalue weighted by Gasteiger charge is -2.11. The Morgan fingerprint density at radius 2 is 2.11 bits per heavy atom. The Morgan fingerprint density at radius 3 is 3.00 bits per heavy atom. The summed E-state index contributed by atoms with van der Waals surface area (Å²) in [5, 5.41) is 3.47. The first-order valence-corrected chi connectivity index (χ1v) is 6.69. The van der Waals surface area contributed by atoms with Crippen LogP contribution in [0.3, 0.4) is 0 Å². The summed E-state index contributed by atoms with van der Waals surface area (Å²) in [6.45, 7) is 1.43. The number of hydrogen-bond donors (Lipinski definition) is 1. The number of halogens is 1. The number of rotatable bonds is 3. The number of ether oxygens (including phenoxy) is 1. The molecule has 0 bridgehead atoms. The molecular weight excluding hydrogens is 292 g/mol. The molecule has 3 rings (SSSR count). The highest BCUT2D eigenvalue weighted by Crippen LogP contribution is 2.31. The van der Waals surface area contributed by atoms with Crippen molar-refractivity contribution < 1.29 is 4.74 Å². The quantitative estimate of drug-likeness (QED) is 0.885. The van der Waals surface area contributed by atoms with E-state index in [0.717, 1.165) is 22.6 Å². The van der Waals surface area contributed by atoms with Crippen molar-refractivity contribution in [2.45, 2.75) is 12.6 Å². The molecule has 0 saturated carbocycles. The van der Waals surface area contributed by atoms with E-state index in [2.05, 4.69) is 32.3 Å². The van der Waals surface area contributed by atoms with Crippen molar-refractivity contribution in [1.82, 2.24) is 10.3 Å². The maximum atomic E-state index is 5.63. The molecule has 0 saturated heterocycles. The molecule has 18 heavy (non-hydrogen) atoms.